The molecule has 1 aromatic heterocycles. The molecule has 0 aliphatic carbocycles. The van der Waals surface area contributed by atoms with Crippen LogP contribution in [0, 0.1) is 0 Å². The highest BCUT2D eigenvalue weighted by Gasteiger charge is 2.18. The Morgan fingerprint density at radius 1 is 1.44 bits per heavy atom. The van der Waals surface area contributed by atoms with Crippen molar-refractivity contribution in [3.8, 4) is 0 Å². The van der Waals surface area contributed by atoms with Crippen molar-refractivity contribution in [3.05, 3.63) is 22.7 Å². The highest BCUT2D eigenvalue weighted by atomic mass is 35.5. The van der Waals surface area contributed by atoms with Gasteiger partial charge in [0.1, 0.15) is 0 Å². The van der Waals surface area contributed by atoms with Gasteiger partial charge in [0, 0.05) is 36.9 Å². The molecule has 0 unspecified atom stereocenters. The van der Waals surface area contributed by atoms with Gasteiger partial charge in [-0.15, -0.1) is 11.6 Å². The lowest BCUT2D eigenvalue weighted by Crippen LogP contribution is -2.39. The second-order valence-electron chi connectivity index (χ2n) is 5.22. The van der Waals surface area contributed by atoms with Crippen molar-refractivity contribution in [2.24, 2.45) is 0 Å². The van der Waals surface area contributed by atoms with Crippen LogP contribution >= 0.6 is 11.6 Å². The second-order valence-corrected chi connectivity index (χ2v) is 5.60. The summed E-state index contributed by atoms with van der Waals surface area (Å²) in [6, 6.07) is 0. The van der Waals surface area contributed by atoms with E-state index in [-0.39, 0.29) is 11.1 Å². The predicted octanol–water partition coefficient (Wildman–Crippen LogP) is 2.45. The van der Waals surface area contributed by atoms with Gasteiger partial charge in [0.15, 0.2) is 5.82 Å². The number of hydrogen-bond acceptors (Lipinski definition) is 3. The summed E-state index contributed by atoms with van der Waals surface area (Å²) in [5, 5.41) is 0. The van der Waals surface area contributed by atoms with E-state index >= 15 is 0 Å². The molecule has 0 amide bonds. The van der Waals surface area contributed by atoms with E-state index in [4.69, 9.17) is 11.6 Å². The normalized spacial score (nSPS) is 11.6. The van der Waals surface area contributed by atoms with Gasteiger partial charge in [-0.3, -0.25) is 4.79 Å². The molecule has 0 fully saturated rings. The second kappa shape index (κ2) is 6.23. The fourth-order valence-electron chi connectivity index (χ4n) is 1.81. The Bertz CT molecular complexity index is 437. The maximum absolute atomic E-state index is 12.4. The Labute approximate surface area is 114 Å². The number of halogens is 1. The number of aromatic nitrogens is 2. The first-order valence-corrected chi connectivity index (χ1v) is 6.84. The van der Waals surface area contributed by atoms with Crippen LogP contribution in [0.25, 0.3) is 0 Å². The van der Waals surface area contributed by atoms with Crippen molar-refractivity contribution < 1.29 is 0 Å². The summed E-state index contributed by atoms with van der Waals surface area (Å²) >= 11 is 5.70. The molecule has 0 N–H and O–H groups in total. The third-order valence-corrected chi connectivity index (χ3v) is 3.06. The van der Waals surface area contributed by atoms with Gasteiger partial charge in [-0.2, -0.15) is 0 Å². The summed E-state index contributed by atoms with van der Waals surface area (Å²) in [4.78, 5) is 18.6. The van der Waals surface area contributed by atoms with Gasteiger partial charge in [0.05, 0.1) is 0 Å². The van der Waals surface area contributed by atoms with Gasteiger partial charge < -0.3 is 9.47 Å². The third-order valence-electron chi connectivity index (χ3n) is 2.79. The Kier molecular flexibility index (Phi) is 5.20. The Hall–Kier alpha value is -1.03. The summed E-state index contributed by atoms with van der Waals surface area (Å²) < 4.78 is 1.72. The van der Waals surface area contributed by atoms with Crippen molar-refractivity contribution >= 4 is 17.4 Å². The molecule has 0 radical (unpaired) electrons. The molecule has 102 valence electrons. The number of alkyl halides is 1. The average molecular weight is 272 g/mol. The zero-order chi connectivity index (χ0) is 13.8. The molecule has 1 rings (SSSR count). The first-order valence-electron chi connectivity index (χ1n) is 6.31. The van der Waals surface area contributed by atoms with Gasteiger partial charge in [0.2, 0.25) is 0 Å². The minimum absolute atomic E-state index is 0.0403. The lowest BCUT2D eigenvalue weighted by atomic mass is 10.1. The van der Waals surface area contributed by atoms with Crippen LogP contribution in [-0.2, 0) is 5.54 Å². The van der Waals surface area contributed by atoms with Gasteiger partial charge in [-0.05, 0) is 34.1 Å². The lowest BCUT2D eigenvalue weighted by Gasteiger charge is -2.26. The van der Waals surface area contributed by atoms with Crippen LogP contribution in [-0.4, -0.2) is 28.5 Å². The summed E-state index contributed by atoms with van der Waals surface area (Å²) in [7, 11) is 0. The maximum atomic E-state index is 12.4. The highest BCUT2D eigenvalue weighted by molar-refractivity contribution is 6.17. The Morgan fingerprint density at radius 3 is 2.61 bits per heavy atom. The zero-order valence-corrected chi connectivity index (χ0v) is 12.4. The number of rotatable bonds is 5. The predicted molar refractivity (Wildman–Crippen MR) is 76.7 cm³/mol. The molecule has 0 bridgehead atoms. The van der Waals surface area contributed by atoms with Crippen molar-refractivity contribution in [2.75, 3.05) is 23.9 Å². The van der Waals surface area contributed by atoms with E-state index in [9.17, 15) is 4.79 Å². The van der Waals surface area contributed by atoms with E-state index in [1.807, 2.05) is 32.6 Å². The van der Waals surface area contributed by atoms with Crippen LogP contribution in [0.4, 0.5) is 5.82 Å². The molecule has 0 saturated carbocycles. The Balaban J connectivity index is 3.13. The van der Waals surface area contributed by atoms with Gasteiger partial charge in [-0.25, -0.2) is 4.98 Å². The van der Waals surface area contributed by atoms with Crippen molar-refractivity contribution in [1.82, 2.24) is 9.55 Å². The van der Waals surface area contributed by atoms with Gasteiger partial charge in [0.25, 0.3) is 5.56 Å². The molecule has 5 heteroatoms. The zero-order valence-electron chi connectivity index (χ0n) is 11.6. The largest absolute Gasteiger partial charge is 0.352 e. The van der Waals surface area contributed by atoms with E-state index in [1.165, 1.54) is 0 Å². The van der Waals surface area contributed by atoms with E-state index in [1.54, 1.807) is 17.0 Å². The van der Waals surface area contributed by atoms with Crippen LogP contribution < -0.4 is 10.5 Å². The van der Waals surface area contributed by atoms with Crippen LogP contribution in [0.3, 0.4) is 0 Å². The lowest BCUT2D eigenvalue weighted by molar-refractivity contribution is 0.382. The first kappa shape index (κ1) is 15.0. The summed E-state index contributed by atoms with van der Waals surface area (Å²) in [5.74, 6) is 1.11. The smallest absolute Gasteiger partial charge is 0.293 e. The molecular weight excluding hydrogens is 250 g/mol. The molecular formula is C13H22ClN3O. The Morgan fingerprint density at radius 2 is 2.11 bits per heavy atom. The quantitative estimate of drug-likeness (QED) is 0.772. The molecule has 1 aromatic rings. The van der Waals surface area contributed by atoms with Crippen molar-refractivity contribution in [3.63, 3.8) is 0 Å². The molecule has 0 aliphatic rings. The van der Waals surface area contributed by atoms with Crippen LogP contribution in [0.15, 0.2) is 17.2 Å². The summed E-state index contributed by atoms with van der Waals surface area (Å²) in [5.41, 5.74) is -0.276. The maximum Gasteiger partial charge on any atom is 0.293 e. The molecule has 18 heavy (non-hydrogen) atoms. The molecule has 0 atom stereocenters. The number of anilines is 1. The third kappa shape index (κ3) is 3.48. The van der Waals surface area contributed by atoms with Crippen LogP contribution in [0.5, 0.6) is 0 Å². The molecule has 0 aromatic carbocycles. The number of nitrogens with zero attached hydrogens (tertiary/aromatic N) is 3. The summed E-state index contributed by atoms with van der Waals surface area (Å²) in [6.07, 6.45) is 4.27. The van der Waals surface area contributed by atoms with Crippen LogP contribution in [0.2, 0.25) is 0 Å². The fourth-order valence-corrected chi connectivity index (χ4v) is 1.93. The van der Waals surface area contributed by atoms with E-state index < -0.39 is 0 Å². The SMILES string of the molecule is CCN(CCCCl)c1nccn(C(C)(C)C)c1=O. The van der Waals surface area contributed by atoms with Gasteiger partial charge >= 0.3 is 0 Å². The first-order chi connectivity index (χ1) is 8.41. The molecule has 0 saturated heterocycles. The van der Waals surface area contributed by atoms with E-state index in [0.29, 0.717) is 11.7 Å². The van der Waals surface area contributed by atoms with Crippen LogP contribution in [0.1, 0.15) is 34.1 Å². The molecule has 4 nitrogen and oxygen atoms in total. The van der Waals surface area contributed by atoms with E-state index in [0.717, 1.165) is 19.5 Å². The highest BCUT2D eigenvalue weighted by Crippen LogP contribution is 2.12. The monoisotopic (exact) mass is 271 g/mol. The standard InChI is InChI=1S/C13H22ClN3O/c1-5-16(9-6-7-14)11-12(18)17(10-8-15-11)13(2,3)4/h8,10H,5-7,9H2,1-4H3. The average Bonchev–Trinajstić information content (AvgIpc) is 2.30. The molecule has 1 heterocycles. The topological polar surface area (TPSA) is 38.1 Å². The minimum Gasteiger partial charge on any atom is -0.352 e. The van der Waals surface area contributed by atoms with Crippen molar-refractivity contribution in [1.29, 1.82) is 0 Å². The van der Waals surface area contributed by atoms with Gasteiger partial charge in [-0.1, -0.05) is 0 Å². The molecule has 0 spiro atoms. The fraction of sp³-hybridized carbons (Fsp3) is 0.692. The van der Waals surface area contributed by atoms with Crippen molar-refractivity contribution in [2.45, 2.75) is 39.7 Å². The van der Waals surface area contributed by atoms with E-state index in [2.05, 4.69) is 4.98 Å². The summed E-state index contributed by atoms with van der Waals surface area (Å²) in [6.45, 7) is 9.56. The number of hydrogen-bond donors (Lipinski definition) is 0. The minimum atomic E-state index is -0.235. The molecule has 0 aliphatic heterocycles.